The largest absolute Gasteiger partial charge is 0.352 e. The fraction of sp³-hybridized carbons (Fsp3) is 0.923. The average molecular weight is 237 g/mol. The summed E-state index contributed by atoms with van der Waals surface area (Å²) in [7, 11) is 0. The monoisotopic (exact) mass is 237 g/mol. The van der Waals surface area contributed by atoms with Crippen molar-refractivity contribution in [2.45, 2.75) is 44.2 Å². The summed E-state index contributed by atoms with van der Waals surface area (Å²) < 4.78 is 0. The molecule has 0 spiro atoms. The molecule has 1 saturated carbocycles. The van der Waals surface area contributed by atoms with E-state index in [0.29, 0.717) is 6.04 Å². The number of hydrogen-bond acceptors (Lipinski definition) is 3. The maximum Gasteiger partial charge on any atom is 0.224 e. The maximum absolute atomic E-state index is 12.1. The molecule has 2 N–H and O–H groups in total. The number of nitrogens with one attached hydrogen (secondary N) is 2. The van der Waals surface area contributed by atoms with E-state index in [4.69, 9.17) is 0 Å². The van der Waals surface area contributed by atoms with Crippen molar-refractivity contribution in [3.05, 3.63) is 0 Å². The molecule has 2 aliphatic heterocycles. The van der Waals surface area contributed by atoms with Gasteiger partial charge in [-0.2, -0.15) is 0 Å². The Kier molecular flexibility index (Phi) is 3.34. The lowest BCUT2D eigenvalue weighted by molar-refractivity contribution is -0.126. The van der Waals surface area contributed by atoms with Crippen LogP contribution in [-0.2, 0) is 4.79 Å². The molecule has 2 heterocycles. The minimum Gasteiger partial charge on any atom is -0.352 e. The number of amides is 1. The average Bonchev–Trinajstić information content (AvgIpc) is 3.12. The van der Waals surface area contributed by atoms with Crippen LogP contribution in [0.1, 0.15) is 32.1 Å². The number of rotatable bonds is 3. The minimum absolute atomic E-state index is 0.207. The molecular formula is C13H23N3O. The van der Waals surface area contributed by atoms with Crippen LogP contribution >= 0.6 is 0 Å². The van der Waals surface area contributed by atoms with Crippen molar-refractivity contribution in [1.82, 2.24) is 15.5 Å². The Morgan fingerprint density at radius 1 is 1.24 bits per heavy atom. The third kappa shape index (κ3) is 2.80. The topological polar surface area (TPSA) is 44.4 Å². The van der Waals surface area contributed by atoms with Gasteiger partial charge in [-0.1, -0.05) is 0 Å². The van der Waals surface area contributed by atoms with Gasteiger partial charge in [-0.05, 0) is 38.6 Å². The minimum atomic E-state index is 0.207. The summed E-state index contributed by atoms with van der Waals surface area (Å²) in [6.07, 6.45) is 6.07. The number of carbonyl (C=O) groups is 1. The first-order valence-electron chi connectivity index (χ1n) is 7.08. The second kappa shape index (κ2) is 4.94. The highest BCUT2D eigenvalue weighted by molar-refractivity contribution is 5.79. The van der Waals surface area contributed by atoms with E-state index in [1.165, 1.54) is 19.4 Å². The molecule has 1 amide bonds. The Hall–Kier alpha value is -0.610. The third-order valence-electron chi connectivity index (χ3n) is 4.30. The Morgan fingerprint density at radius 3 is 2.82 bits per heavy atom. The van der Waals surface area contributed by atoms with Gasteiger partial charge in [0.25, 0.3) is 0 Å². The van der Waals surface area contributed by atoms with Crippen LogP contribution in [0.3, 0.4) is 0 Å². The first kappa shape index (κ1) is 11.5. The summed E-state index contributed by atoms with van der Waals surface area (Å²) >= 11 is 0. The summed E-state index contributed by atoms with van der Waals surface area (Å²) in [6, 6.07) is 1.25. The van der Waals surface area contributed by atoms with Crippen LogP contribution in [0.15, 0.2) is 0 Å². The number of carbonyl (C=O) groups excluding carboxylic acids is 1. The Bertz CT molecular complexity index is 284. The van der Waals surface area contributed by atoms with Crippen LogP contribution in [0.5, 0.6) is 0 Å². The smallest absolute Gasteiger partial charge is 0.224 e. The first-order chi connectivity index (χ1) is 8.33. The lowest BCUT2D eigenvalue weighted by Crippen LogP contribution is -2.45. The lowest BCUT2D eigenvalue weighted by Gasteiger charge is -2.24. The molecule has 0 radical (unpaired) electrons. The lowest BCUT2D eigenvalue weighted by atomic mass is 9.98. The van der Waals surface area contributed by atoms with Gasteiger partial charge < -0.3 is 10.6 Å². The zero-order chi connectivity index (χ0) is 11.7. The van der Waals surface area contributed by atoms with Crippen LogP contribution < -0.4 is 10.6 Å². The summed E-state index contributed by atoms with van der Waals surface area (Å²) in [5.74, 6) is 0.485. The van der Waals surface area contributed by atoms with Crippen molar-refractivity contribution in [1.29, 1.82) is 0 Å². The standard InChI is InChI=1S/C13H23N3O/c17-13(10-2-1-6-14-8-10)15-11-5-7-16(9-11)12-3-4-12/h10-12,14H,1-9H2,(H,15,17)/t10-,11?/m1/s1. The van der Waals surface area contributed by atoms with Gasteiger partial charge in [-0.25, -0.2) is 0 Å². The third-order valence-corrected chi connectivity index (χ3v) is 4.30. The van der Waals surface area contributed by atoms with Crippen LogP contribution in [-0.4, -0.2) is 49.1 Å². The van der Waals surface area contributed by atoms with Crippen molar-refractivity contribution in [3.63, 3.8) is 0 Å². The van der Waals surface area contributed by atoms with Gasteiger partial charge in [-0.3, -0.25) is 9.69 Å². The van der Waals surface area contributed by atoms with Gasteiger partial charge in [0.05, 0.1) is 5.92 Å². The molecule has 0 aromatic carbocycles. The number of piperidine rings is 1. The van der Waals surface area contributed by atoms with Crippen molar-refractivity contribution >= 4 is 5.91 Å². The molecule has 1 unspecified atom stereocenters. The number of hydrogen-bond donors (Lipinski definition) is 2. The molecule has 2 atom stereocenters. The highest BCUT2D eigenvalue weighted by Gasteiger charge is 2.35. The molecule has 1 aliphatic carbocycles. The Morgan fingerprint density at radius 2 is 2.12 bits per heavy atom. The molecule has 3 fully saturated rings. The van der Waals surface area contributed by atoms with E-state index < -0.39 is 0 Å². The van der Waals surface area contributed by atoms with E-state index in [1.807, 2.05) is 0 Å². The van der Waals surface area contributed by atoms with Gasteiger partial charge in [0.15, 0.2) is 0 Å². The summed E-state index contributed by atoms with van der Waals surface area (Å²) in [4.78, 5) is 14.6. The van der Waals surface area contributed by atoms with Gasteiger partial charge in [-0.15, -0.1) is 0 Å². The van der Waals surface area contributed by atoms with Crippen LogP contribution in [0.25, 0.3) is 0 Å². The number of nitrogens with zero attached hydrogens (tertiary/aromatic N) is 1. The van der Waals surface area contributed by atoms with Crippen molar-refractivity contribution in [3.8, 4) is 0 Å². The molecule has 2 saturated heterocycles. The Balaban J connectivity index is 1.44. The molecule has 4 heteroatoms. The predicted molar refractivity (Wildman–Crippen MR) is 66.7 cm³/mol. The summed E-state index contributed by atoms with van der Waals surface area (Å²) in [5.41, 5.74) is 0. The fourth-order valence-electron chi connectivity index (χ4n) is 3.07. The van der Waals surface area contributed by atoms with E-state index in [-0.39, 0.29) is 11.8 Å². The first-order valence-corrected chi connectivity index (χ1v) is 7.08. The normalized spacial score (nSPS) is 34.8. The van der Waals surface area contributed by atoms with E-state index >= 15 is 0 Å². The van der Waals surface area contributed by atoms with Gasteiger partial charge in [0.2, 0.25) is 5.91 Å². The highest BCUT2D eigenvalue weighted by Crippen LogP contribution is 2.29. The van der Waals surface area contributed by atoms with Gasteiger partial charge >= 0.3 is 0 Å². The zero-order valence-corrected chi connectivity index (χ0v) is 10.5. The highest BCUT2D eigenvalue weighted by atomic mass is 16.2. The molecule has 3 rings (SSSR count). The second-order valence-corrected chi connectivity index (χ2v) is 5.76. The van der Waals surface area contributed by atoms with Crippen molar-refractivity contribution in [2.75, 3.05) is 26.2 Å². The molecular weight excluding hydrogens is 214 g/mol. The van der Waals surface area contributed by atoms with Gasteiger partial charge in [0.1, 0.15) is 0 Å². The maximum atomic E-state index is 12.1. The van der Waals surface area contributed by atoms with E-state index in [1.54, 1.807) is 0 Å². The molecule has 0 aromatic heterocycles. The summed E-state index contributed by atoms with van der Waals surface area (Å²) in [5, 5.41) is 6.55. The molecule has 3 aliphatic rings. The van der Waals surface area contributed by atoms with Crippen LogP contribution in [0.4, 0.5) is 0 Å². The molecule has 96 valence electrons. The van der Waals surface area contributed by atoms with Crippen LogP contribution in [0.2, 0.25) is 0 Å². The molecule has 4 nitrogen and oxygen atoms in total. The summed E-state index contributed by atoms with van der Waals surface area (Å²) in [6.45, 7) is 4.20. The fourth-order valence-corrected chi connectivity index (χ4v) is 3.07. The van der Waals surface area contributed by atoms with Gasteiger partial charge in [0, 0.05) is 31.7 Å². The second-order valence-electron chi connectivity index (χ2n) is 5.76. The Labute approximate surface area is 103 Å². The quantitative estimate of drug-likeness (QED) is 0.744. The number of likely N-dealkylation sites (tertiary alicyclic amines) is 1. The zero-order valence-electron chi connectivity index (χ0n) is 10.5. The van der Waals surface area contributed by atoms with Crippen LogP contribution in [0, 0.1) is 5.92 Å². The molecule has 17 heavy (non-hydrogen) atoms. The van der Waals surface area contributed by atoms with Crippen molar-refractivity contribution in [2.24, 2.45) is 5.92 Å². The van der Waals surface area contributed by atoms with E-state index in [2.05, 4.69) is 15.5 Å². The van der Waals surface area contributed by atoms with E-state index in [9.17, 15) is 4.79 Å². The van der Waals surface area contributed by atoms with Crippen molar-refractivity contribution < 1.29 is 4.79 Å². The molecule has 0 aromatic rings. The van der Waals surface area contributed by atoms with E-state index in [0.717, 1.165) is 44.9 Å². The predicted octanol–water partition coefficient (Wildman–Crippen LogP) is 0.339. The SMILES string of the molecule is O=C(NC1CCN(C2CC2)C1)[C@@H]1CCCNC1. The molecule has 0 bridgehead atoms.